The maximum atomic E-state index is 4.07. The van der Waals surface area contributed by atoms with E-state index >= 15 is 0 Å². The number of aromatic nitrogens is 3. The van der Waals surface area contributed by atoms with Crippen molar-refractivity contribution in [3.05, 3.63) is 40.9 Å². The van der Waals surface area contributed by atoms with Crippen LogP contribution >= 0.6 is 15.9 Å². The minimum absolute atomic E-state index is 0.719. The lowest BCUT2D eigenvalue weighted by Gasteiger charge is -2.01. The maximum absolute atomic E-state index is 4.07. The summed E-state index contributed by atoms with van der Waals surface area (Å²) in [6, 6.07) is 8.11. The molecule has 0 amide bonds. The highest BCUT2D eigenvalue weighted by Crippen LogP contribution is 2.13. The van der Waals surface area contributed by atoms with Crippen LogP contribution in [0.15, 0.2) is 35.3 Å². The first-order valence-corrected chi connectivity index (χ1v) is 4.69. The first kappa shape index (κ1) is 8.44. The molecule has 2 aromatic rings. The number of nitrogens with zero attached hydrogens (tertiary/aromatic N) is 3. The second-order valence-electron chi connectivity index (χ2n) is 2.78. The summed E-state index contributed by atoms with van der Waals surface area (Å²) >= 11 is 3.31. The Kier molecular flexibility index (Phi) is 2.14. The van der Waals surface area contributed by atoms with E-state index in [-0.39, 0.29) is 0 Å². The predicted octanol–water partition coefficient (Wildman–Crippen LogP) is 2.34. The van der Waals surface area contributed by atoms with Crippen LogP contribution in [0.1, 0.15) is 5.56 Å². The van der Waals surface area contributed by atoms with Gasteiger partial charge in [-0.05, 0) is 35.0 Å². The van der Waals surface area contributed by atoms with Crippen molar-refractivity contribution in [2.75, 3.05) is 0 Å². The highest BCUT2D eigenvalue weighted by molar-refractivity contribution is 9.10. The molecule has 0 N–H and O–H groups in total. The number of aryl methyl sites for hydroxylation is 1. The molecule has 0 spiro atoms. The summed E-state index contributed by atoms with van der Waals surface area (Å²) < 4.78 is 2.45. The van der Waals surface area contributed by atoms with E-state index < -0.39 is 0 Å². The lowest BCUT2D eigenvalue weighted by atomic mass is 10.2. The highest BCUT2D eigenvalue weighted by Gasteiger charge is 2.01. The van der Waals surface area contributed by atoms with Gasteiger partial charge in [0.2, 0.25) is 0 Å². The molecule has 0 fully saturated rings. The van der Waals surface area contributed by atoms with Crippen LogP contribution < -0.4 is 0 Å². The third-order valence-electron chi connectivity index (χ3n) is 1.78. The molecule has 13 heavy (non-hydrogen) atoms. The molecular formula is C9H8BrN3. The van der Waals surface area contributed by atoms with E-state index in [1.165, 1.54) is 11.9 Å². The standard InChI is InChI=1S/C9H8BrN3/c1-7-2-4-8(5-3-7)13-9(10)11-6-12-13/h2-6H,1H3. The van der Waals surface area contributed by atoms with Gasteiger partial charge in [-0.25, -0.2) is 9.67 Å². The van der Waals surface area contributed by atoms with Crippen molar-refractivity contribution in [3.8, 4) is 5.69 Å². The first-order valence-electron chi connectivity index (χ1n) is 3.90. The minimum atomic E-state index is 0.719. The van der Waals surface area contributed by atoms with Gasteiger partial charge in [0, 0.05) is 0 Å². The Balaban J connectivity index is 2.47. The van der Waals surface area contributed by atoms with Gasteiger partial charge >= 0.3 is 0 Å². The van der Waals surface area contributed by atoms with Crippen molar-refractivity contribution in [2.24, 2.45) is 0 Å². The summed E-state index contributed by atoms with van der Waals surface area (Å²) in [5, 5.41) is 4.07. The summed E-state index contributed by atoms with van der Waals surface area (Å²) in [4.78, 5) is 3.98. The van der Waals surface area contributed by atoms with Gasteiger partial charge in [-0.1, -0.05) is 17.7 Å². The van der Waals surface area contributed by atoms with E-state index in [0.29, 0.717) is 0 Å². The molecule has 0 aliphatic heterocycles. The molecule has 0 unspecified atom stereocenters. The number of hydrogen-bond acceptors (Lipinski definition) is 2. The van der Waals surface area contributed by atoms with E-state index in [1.807, 2.05) is 24.3 Å². The molecule has 1 heterocycles. The molecule has 0 bridgehead atoms. The van der Waals surface area contributed by atoms with Gasteiger partial charge in [0.25, 0.3) is 0 Å². The SMILES string of the molecule is Cc1ccc(-n2ncnc2Br)cc1. The Morgan fingerprint density at radius 2 is 1.92 bits per heavy atom. The van der Waals surface area contributed by atoms with E-state index in [0.717, 1.165) is 10.4 Å². The lowest BCUT2D eigenvalue weighted by Crippen LogP contribution is -1.95. The van der Waals surface area contributed by atoms with Crippen LogP contribution in [0.3, 0.4) is 0 Å². The van der Waals surface area contributed by atoms with Crippen LogP contribution in [0, 0.1) is 6.92 Å². The molecule has 2 rings (SSSR count). The van der Waals surface area contributed by atoms with Crippen molar-refractivity contribution < 1.29 is 0 Å². The molecule has 0 radical (unpaired) electrons. The number of benzene rings is 1. The quantitative estimate of drug-likeness (QED) is 0.763. The fourth-order valence-electron chi connectivity index (χ4n) is 1.09. The monoisotopic (exact) mass is 237 g/mol. The van der Waals surface area contributed by atoms with Crippen LogP contribution in [0.4, 0.5) is 0 Å². The number of rotatable bonds is 1. The van der Waals surface area contributed by atoms with Gasteiger partial charge in [-0.15, -0.1) is 0 Å². The molecule has 0 atom stereocenters. The number of hydrogen-bond donors (Lipinski definition) is 0. The van der Waals surface area contributed by atoms with Gasteiger partial charge in [0.15, 0.2) is 4.73 Å². The summed E-state index contributed by atoms with van der Waals surface area (Å²) in [5.74, 6) is 0. The second-order valence-corrected chi connectivity index (χ2v) is 3.49. The predicted molar refractivity (Wildman–Crippen MR) is 53.8 cm³/mol. The van der Waals surface area contributed by atoms with Crippen LogP contribution in [-0.4, -0.2) is 14.8 Å². The van der Waals surface area contributed by atoms with Crippen molar-refractivity contribution in [3.63, 3.8) is 0 Å². The molecule has 0 aliphatic rings. The third kappa shape index (κ3) is 1.62. The molecule has 1 aromatic heterocycles. The molecule has 0 aliphatic carbocycles. The summed E-state index contributed by atoms with van der Waals surface area (Å²) in [5.41, 5.74) is 2.25. The van der Waals surface area contributed by atoms with Crippen LogP contribution in [-0.2, 0) is 0 Å². The maximum Gasteiger partial charge on any atom is 0.199 e. The first-order chi connectivity index (χ1) is 6.27. The second kappa shape index (κ2) is 3.30. The summed E-state index contributed by atoms with van der Waals surface area (Å²) in [6.45, 7) is 2.06. The molecule has 0 saturated carbocycles. The molecular weight excluding hydrogens is 230 g/mol. The van der Waals surface area contributed by atoms with E-state index in [4.69, 9.17) is 0 Å². The Labute approximate surface area is 84.5 Å². The van der Waals surface area contributed by atoms with Crippen LogP contribution in [0.2, 0.25) is 0 Å². The summed E-state index contributed by atoms with van der Waals surface area (Å²) in [7, 11) is 0. The normalized spacial score (nSPS) is 10.3. The number of halogens is 1. The molecule has 4 heteroatoms. The van der Waals surface area contributed by atoms with Gasteiger partial charge in [-0.3, -0.25) is 0 Å². The smallest absolute Gasteiger partial charge is 0.199 e. The van der Waals surface area contributed by atoms with Gasteiger partial charge < -0.3 is 0 Å². The summed E-state index contributed by atoms with van der Waals surface area (Å²) in [6.07, 6.45) is 1.52. The molecule has 3 nitrogen and oxygen atoms in total. The average Bonchev–Trinajstić information content (AvgIpc) is 2.53. The van der Waals surface area contributed by atoms with E-state index in [2.05, 4.69) is 32.9 Å². The molecule has 1 aromatic carbocycles. The van der Waals surface area contributed by atoms with Crippen molar-refractivity contribution in [1.82, 2.24) is 14.8 Å². The molecule has 0 saturated heterocycles. The van der Waals surface area contributed by atoms with Crippen molar-refractivity contribution in [2.45, 2.75) is 6.92 Å². The highest BCUT2D eigenvalue weighted by atomic mass is 79.9. The van der Waals surface area contributed by atoms with Crippen molar-refractivity contribution in [1.29, 1.82) is 0 Å². The average molecular weight is 238 g/mol. The minimum Gasteiger partial charge on any atom is -0.209 e. The third-order valence-corrected chi connectivity index (χ3v) is 2.33. The van der Waals surface area contributed by atoms with E-state index in [9.17, 15) is 0 Å². The van der Waals surface area contributed by atoms with Crippen molar-refractivity contribution >= 4 is 15.9 Å². The Morgan fingerprint density at radius 1 is 1.23 bits per heavy atom. The Morgan fingerprint density at radius 3 is 2.46 bits per heavy atom. The zero-order chi connectivity index (χ0) is 9.26. The van der Waals surface area contributed by atoms with Crippen LogP contribution in [0.5, 0.6) is 0 Å². The fourth-order valence-corrected chi connectivity index (χ4v) is 1.47. The van der Waals surface area contributed by atoms with Gasteiger partial charge in [0.1, 0.15) is 6.33 Å². The Hall–Kier alpha value is -1.16. The molecule has 66 valence electrons. The van der Waals surface area contributed by atoms with E-state index in [1.54, 1.807) is 4.68 Å². The van der Waals surface area contributed by atoms with Gasteiger partial charge in [0.05, 0.1) is 5.69 Å². The zero-order valence-corrected chi connectivity index (χ0v) is 8.69. The topological polar surface area (TPSA) is 30.7 Å². The van der Waals surface area contributed by atoms with Gasteiger partial charge in [-0.2, -0.15) is 5.10 Å². The van der Waals surface area contributed by atoms with Crippen LogP contribution in [0.25, 0.3) is 5.69 Å². The fraction of sp³-hybridized carbons (Fsp3) is 0.111. The Bertz CT molecular complexity index is 405. The zero-order valence-electron chi connectivity index (χ0n) is 7.11. The largest absolute Gasteiger partial charge is 0.209 e. The lowest BCUT2D eigenvalue weighted by molar-refractivity contribution is 0.856.